The molecule has 4 nitrogen and oxygen atoms in total. The molecular weight excluding hydrogens is 323 g/mol. The van der Waals surface area contributed by atoms with E-state index in [-0.39, 0.29) is 30.6 Å². The number of benzene rings is 2. The molecule has 0 fully saturated rings. The molecule has 1 heterocycles. The molecule has 5 heteroatoms. The lowest BCUT2D eigenvalue weighted by Crippen LogP contribution is -2.19. The number of esters is 1. The van der Waals surface area contributed by atoms with Crippen LogP contribution in [0.4, 0.5) is 4.39 Å². The standard InChI is InChI=1S/C20H17FO4/c1-2-24-19(22)11-14-5-8-17-18(10-14)25-12-15(20(17)23)9-13-3-6-16(21)7-4-13/h3-10H,2,11-12H2,1H3/b15-9+. The fourth-order valence-electron chi connectivity index (χ4n) is 2.62. The molecule has 0 atom stereocenters. The molecule has 0 aliphatic carbocycles. The van der Waals surface area contributed by atoms with Gasteiger partial charge in [0.25, 0.3) is 0 Å². The van der Waals surface area contributed by atoms with Gasteiger partial charge in [0.1, 0.15) is 18.2 Å². The fraction of sp³-hybridized carbons (Fsp3) is 0.200. The van der Waals surface area contributed by atoms with E-state index < -0.39 is 0 Å². The van der Waals surface area contributed by atoms with E-state index in [1.54, 1.807) is 43.3 Å². The Morgan fingerprint density at radius 2 is 2.00 bits per heavy atom. The molecule has 25 heavy (non-hydrogen) atoms. The van der Waals surface area contributed by atoms with Gasteiger partial charge in [-0.25, -0.2) is 4.39 Å². The van der Waals surface area contributed by atoms with E-state index in [0.29, 0.717) is 23.5 Å². The maximum atomic E-state index is 13.0. The zero-order chi connectivity index (χ0) is 17.8. The third kappa shape index (κ3) is 3.94. The van der Waals surface area contributed by atoms with Crippen molar-refractivity contribution in [1.82, 2.24) is 0 Å². The highest BCUT2D eigenvalue weighted by Crippen LogP contribution is 2.29. The highest BCUT2D eigenvalue weighted by atomic mass is 19.1. The van der Waals surface area contributed by atoms with Crippen molar-refractivity contribution in [3.05, 3.63) is 70.5 Å². The summed E-state index contributed by atoms with van der Waals surface area (Å²) in [7, 11) is 0. The Morgan fingerprint density at radius 1 is 1.24 bits per heavy atom. The summed E-state index contributed by atoms with van der Waals surface area (Å²) in [4.78, 5) is 24.2. The summed E-state index contributed by atoms with van der Waals surface area (Å²) in [6, 6.07) is 11.0. The van der Waals surface area contributed by atoms with E-state index >= 15 is 0 Å². The predicted molar refractivity (Wildman–Crippen MR) is 91.0 cm³/mol. The molecule has 0 radical (unpaired) electrons. The first-order valence-electron chi connectivity index (χ1n) is 7.99. The molecule has 2 aromatic rings. The Morgan fingerprint density at radius 3 is 2.72 bits per heavy atom. The van der Waals surface area contributed by atoms with Crippen LogP contribution in [0, 0.1) is 5.82 Å². The SMILES string of the molecule is CCOC(=O)Cc1ccc2c(c1)OC/C(=C\c1ccc(F)cc1)C2=O. The van der Waals surface area contributed by atoms with Crippen molar-refractivity contribution in [2.45, 2.75) is 13.3 Å². The molecule has 0 aromatic heterocycles. The highest BCUT2D eigenvalue weighted by Gasteiger charge is 2.23. The van der Waals surface area contributed by atoms with Crippen LogP contribution in [-0.4, -0.2) is 25.0 Å². The van der Waals surface area contributed by atoms with Gasteiger partial charge in [0.15, 0.2) is 5.78 Å². The quantitative estimate of drug-likeness (QED) is 0.630. The van der Waals surface area contributed by atoms with Gasteiger partial charge in [-0.3, -0.25) is 9.59 Å². The van der Waals surface area contributed by atoms with Gasteiger partial charge in [0.05, 0.1) is 18.6 Å². The van der Waals surface area contributed by atoms with Crippen molar-refractivity contribution < 1.29 is 23.5 Å². The van der Waals surface area contributed by atoms with Crippen LogP contribution in [0.15, 0.2) is 48.0 Å². The molecule has 0 unspecified atom stereocenters. The van der Waals surface area contributed by atoms with Gasteiger partial charge in [0, 0.05) is 5.57 Å². The van der Waals surface area contributed by atoms with Crippen molar-refractivity contribution in [3.8, 4) is 5.75 Å². The molecule has 0 saturated carbocycles. The lowest BCUT2D eigenvalue weighted by molar-refractivity contribution is -0.142. The normalized spacial score (nSPS) is 14.8. The summed E-state index contributed by atoms with van der Waals surface area (Å²) in [5, 5.41) is 0. The van der Waals surface area contributed by atoms with Gasteiger partial charge in [-0.15, -0.1) is 0 Å². The van der Waals surface area contributed by atoms with Gasteiger partial charge in [-0.05, 0) is 48.4 Å². The summed E-state index contributed by atoms with van der Waals surface area (Å²) in [5.74, 6) is -0.314. The van der Waals surface area contributed by atoms with Gasteiger partial charge < -0.3 is 9.47 Å². The van der Waals surface area contributed by atoms with Crippen LogP contribution in [0.2, 0.25) is 0 Å². The Balaban J connectivity index is 1.81. The largest absolute Gasteiger partial charge is 0.488 e. The van der Waals surface area contributed by atoms with Crippen molar-refractivity contribution in [2.24, 2.45) is 0 Å². The van der Waals surface area contributed by atoms with Gasteiger partial charge in [0.2, 0.25) is 0 Å². The fourth-order valence-corrected chi connectivity index (χ4v) is 2.62. The predicted octanol–water partition coefficient (Wildman–Crippen LogP) is 3.59. The number of fused-ring (bicyclic) bond motifs is 1. The zero-order valence-corrected chi connectivity index (χ0v) is 13.8. The highest BCUT2D eigenvalue weighted by molar-refractivity contribution is 6.14. The Kier molecular flexibility index (Phi) is 4.93. The van der Waals surface area contributed by atoms with Crippen molar-refractivity contribution in [2.75, 3.05) is 13.2 Å². The molecule has 0 bridgehead atoms. The van der Waals surface area contributed by atoms with Crippen LogP contribution in [0.3, 0.4) is 0 Å². The minimum Gasteiger partial charge on any atom is -0.488 e. The Bertz CT molecular complexity index is 837. The summed E-state index contributed by atoms with van der Waals surface area (Å²) in [6.07, 6.45) is 1.83. The number of halogens is 1. The summed E-state index contributed by atoms with van der Waals surface area (Å²) < 4.78 is 23.6. The van der Waals surface area contributed by atoms with E-state index in [2.05, 4.69) is 0 Å². The minimum atomic E-state index is -0.326. The van der Waals surface area contributed by atoms with Crippen LogP contribution < -0.4 is 4.74 Å². The molecule has 0 amide bonds. The van der Waals surface area contributed by atoms with Gasteiger partial charge in [-0.1, -0.05) is 18.2 Å². The first kappa shape index (κ1) is 16.9. The van der Waals surface area contributed by atoms with Crippen molar-refractivity contribution >= 4 is 17.8 Å². The average Bonchev–Trinajstić information content (AvgIpc) is 2.59. The number of carbonyl (C=O) groups is 2. The zero-order valence-electron chi connectivity index (χ0n) is 13.8. The van der Waals surface area contributed by atoms with E-state index in [1.807, 2.05) is 0 Å². The Hall–Kier alpha value is -2.95. The molecule has 128 valence electrons. The molecule has 0 spiro atoms. The maximum absolute atomic E-state index is 13.0. The Labute approximate surface area is 144 Å². The number of hydrogen-bond acceptors (Lipinski definition) is 4. The smallest absolute Gasteiger partial charge is 0.310 e. The number of rotatable bonds is 4. The number of ketones is 1. The molecule has 1 aliphatic rings. The first-order valence-corrected chi connectivity index (χ1v) is 7.99. The lowest BCUT2D eigenvalue weighted by Gasteiger charge is -2.19. The van der Waals surface area contributed by atoms with E-state index in [9.17, 15) is 14.0 Å². The summed E-state index contributed by atoms with van der Waals surface area (Å²) in [5.41, 5.74) is 2.41. The number of ether oxygens (including phenoxy) is 2. The molecule has 2 aromatic carbocycles. The topological polar surface area (TPSA) is 52.6 Å². The van der Waals surface area contributed by atoms with Crippen LogP contribution in [-0.2, 0) is 16.0 Å². The third-order valence-corrected chi connectivity index (χ3v) is 3.83. The molecular formula is C20H17FO4. The first-order chi connectivity index (χ1) is 12.1. The van der Waals surface area contributed by atoms with E-state index in [4.69, 9.17) is 9.47 Å². The molecule has 0 saturated heterocycles. The van der Waals surface area contributed by atoms with Crippen molar-refractivity contribution in [3.63, 3.8) is 0 Å². The van der Waals surface area contributed by atoms with E-state index in [1.165, 1.54) is 12.1 Å². The molecule has 1 aliphatic heterocycles. The number of Topliss-reactive ketones (excluding diaryl/α,β-unsaturated/α-hetero) is 1. The maximum Gasteiger partial charge on any atom is 0.310 e. The summed E-state index contributed by atoms with van der Waals surface area (Å²) in [6.45, 7) is 2.21. The van der Waals surface area contributed by atoms with Gasteiger partial charge >= 0.3 is 5.97 Å². The monoisotopic (exact) mass is 340 g/mol. The lowest BCUT2D eigenvalue weighted by atomic mass is 9.96. The number of carbonyl (C=O) groups excluding carboxylic acids is 2. The molecule has 0 N–H and O–H groups in total. The molecule has 3 rings (SSSR count). The average molecular weight is 340 g/mol. The third-order valence-electron chi connectivity index (χ3n) is 3.83. The van der Waals surface area contributed by atoms with Crippen LogP contribution in [0.5, 0.6) is 5.75 Å². The second-order valence-corrected chi connectivity index (χ2v) is 5.65. The summed E-state index contributed by atoms with van der Waals surface area (Å²) >= 11 is 0. The van der Waals surface area contributed by atoms with E-state index in [0.717, 1.165) is 11.1 Å². The van der Waals surface area contributed by atoms with Crippen molar-refractivity contribution in [1.29, 1.82) is 0 Å². The van der Waals surface area contributed by atoms with Crippen LogP contribution in [0.1, 0.15) is 28.4 Å². The second-order valence-electron chi connectivity index (χ2n) is 5.65. The van der Waals surface area contributed by atoms with Crippen LogP contribution >= 0.6 is 0 Å². The minimum absolute atomic E-state index is 0.131. The van der Waals surface area contributed by atoms with Gasteiger partial charge in [-0.2, -0.15) is 0 Å². The van der Waals surface area contributed by atoms with Crippen LogP contribution in [0.25, 0.3) is 6.08 Å². The second kappa shape index (κ2) is 7.30. The number of hydrogen-bond donors (Lipinski definition) is 0.